The molecule has 0 radical (unpaired) electrons. The first-order valence-corrected chi connectivity index (χ1v) is 6.15. The third-order valence-corrected chi connectivity index (χ3v) is 3.72. The molecule has 0 saturated heterocycles. The average molecular weight is 304 g/mol. The van der Waals surface area contributed by atoms with Crippen LogP contribution in [0.25, 0.3) is 0 Å². The van der Waals surface area contributed by atoms with Crippen molar-refractivity contribution in [2.45, 2.75) is 13.8 Å². The van der Waals surface area contributed by atoms with E-state index in [4.69, 9.17) is 0 Å². The van der Waals surface area contributed by atoms with E-state index < -0.39 is 4.92 Å². The molecule has 6 nitrogen and oxygen atoms in total. The lowest BCUT2D eigenvalue weighted by Crippen LogP contribution is -2.35. The highest BCUT2D eigenvalue weighted by molar-refractivity contribution is 9.09. The number of hydrogen-bond acceptors (Lipinski definition) is 3. The summed E-state index contributed by atoms with van der Waals surface area (Å²) >= 11 is 3.35. The monoisotopic (exact) mass is 303 g/mol. The fraction of sp³-hybridized carbons (Fsp3) is 0.500. The third kappa shape index (κ3) is 3.85. The lowest BCUT2D eigenvalue weighted by Gasteiger charge is -2.21. The van der Waals surface area contributed by atoms with Gasteiger partial charge in [-0.2, -0.15) is 0 Å². The van der Waals surface area contributed by atoms with Crippen LogP contribution in [-0.2, 0) is 0 Å². The summed E-state index contributed by atoms with van der Waals surface area (Å²) in [7, 11) is 0. The summed E-state index contributed by atoms with van der Waals surface area (Å²) in [6.45, 7) is 4.49. The molecule has 1 heterocycles. The first-order valence-electron chi connectivity index (χ1n) is 5.03. The van der Waals surface area contributed by atoms with Crippen LogP contribution in [0.3, 0.4) is 0 Å². The molecule has 17 heavy (non-hydrogen) atoms. The SMILES string of the molecule is CC(C)(CBr)CNC(=O)c1ccc([N+](=O)[O-])[nH]1. The highest BCUT2D eigenvalue weighted by Gasteiger charge is 2.20. The molecule has 0 saturated carbocycles. The Kier molecular flexibility index (Phi) is 4.28. The van der Waals surface area contributed by atoms with E-state index in [0.29, 0.717) is 6.54 Å². The van der Waals surface area contributed by atoms with Gasteiger partial charge in [-0.3, -0.25) is 4.79 Å². The van der Waals surface area contributed by atoms with Gasteiger partial charge in [-0.1, -0.05) is 29.8 Å². The standard InChI is InChI=1S/C10H14BrN3O3/c1-10(2,5-11)6-12-9(15)7-3-4-8(13-7)14(16)17/h3-4,13H,5-6H2,1-2H3,(H,12,15). The molecule has 1 aromatic heterocycles. The molecule has 1 rings (SSSR count). The molecular weight excluding hydrogens is 290 g/mol. The number of rotatable bonds is 5. The minimum atomic E-state index is -0.570. The Bertz CT molecular complexity index is 428. The maximum Gasteiger partial charge on any atom is 0.321 e. The summed E-state index contributed by atoms with van der Waals surface area (Å²) in [6.07, 6.45) is 0. The lowest BCUT2D eigenvalue weighted by atomic mass is 9.97. The topological polar surface area (TPSA) is 88.0 Å². The molecule has 0 unspecified atom stereocenters. The quantitative estimate of drug-likeness (QED) is 0.496. The molecule has 2 N–H and O–H groups in total. The first kappa shape index (κ1) is 13.7. The molecule has 0 aliphatic heterocycles. The van der Waals surface area contributed by atoms with Gasteiger partial charge in [0.2, 0.25) is 0 Å². The van der Waals surface area contributed by atoms with Gasteiger partial charge in [0, 0.05) is 17.9 Å². The second kappa shape index (κ2) is 5.31. The maximum absolute atomic E-state index is 11.7. The van der Waals surface area contributed by atoms with Crippen molar-refractivity contribution >= 4 is 27.7 Å². The summed E-state index contributed by atoms with van der Waals surface area (Å²) in [5.41, 5.74) is 0.135. The molecule has 0 atom stereocenters. The number of H-pyrrole nitrogens is 1. The smallest absolute Gasteiger partial charge is 0.321 e. The van der Waals surface area contributed by atoms with Crippen molar-refractivity contribution in [3.8, 4) is 0 Å². The fourth-order valence-corrected chi connectivity index (χ4v) is 1.28. The summed E-state index contributed by atoms with van der Waals surface area (Å²) in [5.74, 6) is -0.526. The zero-order valence-corrected chi connectivity index (χ0v) is 11.2. The van der Waals surface area contributed by atoms with Crippen molar-refractivity contribution in [1.82, 2.24) is 10.3 Å². The van der Waals surface area contributed by atoms with Crippen molar-refractivity contribution in [2.24, 2.45) is 5.41 Å². The van der Waals surface area contributed by atoms with Crippen LogP contribution in [0, 0.1) is 15.5 Å². The molecular formula is C10H14BrN3O3. The molecule has 7 heteroatoms. The van der Waals surface area contributed by atoms with Crippen LogP contribution >= 0.6 is 15.9 Å². The number of carbonyl (C=O) groups is 1. The van der Waals surface area contributed by atoms with Gasteiger partial charge in [0.05, 0.1) is 0 Å². The number of alkyl halides is 1. The Morgan fingerprint density at radius 3 is 2.71 bits per heavy atom. The zero-order valence-electron chi connectivity index (χ0n) is 9.62. The molecule has 94 valence electrons. The summed E-state index contributed by atoms with van der Waals surface area (Å²) in [4.78, 5) is 24.0. The molecule has 1 amide bonds. The fourth-order valence-electron chi connectivity index (χ4n) is 1.08. The highest BCUT2D eigenvalue weighted by atomic mass is 79.9. The number of halogens is 1. The van der Waals surface area contributed by atoms with Gasteiger partial charge in [0.15, 0.2) is 5.69 Å². The van der Waals surface area contributed by atoms with E-state index >= 15 is 0 Å². The van der Waals surface area contributed by atoms with E-state index in [-0.39, 0.29) is 22.8 Å². The van der Waals surface area contributed by atoms with Crippen LogP contribution in [0.5, 0.6) is 0 Å². The summed E-state index contributed by atoms with van der Waals surface area (Å²) in [5, 5.41) is 13.9. The van der Waals surface area contributed by atoms with Gasteiger partial charge < -0.3 is 15.4 Å². The van der Waals surface area contributed by atoms with Crippen molar-refractivity contribution < 1.29 is 9.72 Å². The molecule has 0 bridgehead atoms. The van der Waals surface area contributed by atoms with Gasteiger partial charge in [0.1, 0.15) is 0 Å². The van der Waals surface area contributed by atoms with Crippen LogP contribution in [-0.4, -0.2) is 27.7 Å². The summed E-state index contributed by atoms with van der Waals surface area (Å²) < 4.78 is 0. The third-order valence-electron chi connectivity index (χ3n) is 2.20. The molecule has 0 aromatic carbocycles. The predicted octanol–water partition coefficient (Wildman–Crippen LogP) is 2.07. The number of nitrogens with one attached hydrogen (secondary N) is 2. The van der Waals surface area contributed by atoms with Gasteiger partial charge in [0.25, 0.3) is 5.91 Å². The van der Waals surface area contributed by atoms with Gasteiger partial charge in [-0.25, -0.2) is 4.98 Å². The largest absolute Gasteiger partial charge is 0.358 e. The van der Waals surface area contributed by atoms with E-state index in [1.807, 2.05) is 13.8 Å². The van der Waals surface area contributed by atoms with Gasteiger partial charge in [-0.05, 0) is 16.4 Å². The Morgan fingerprint density at radius 2 is 2.24 bits per heavy atom. The maximum atomic E-state index is 11.7. The number of carbonyl (C=O) groups excluding carboxylic acids is 1. The Balaban J connectivity index is 2.61. The Labute approximate surface area is 107 Å². The Morgan fingerprint density at radius 1 is 1.59 bits per heavy atom. The van der Waals surface area contributed by atoms with Crippen LogP contribution < -0.4 is 5.32 Å². The van der Waals surface area contributed by atoms with Crippen molar-refractivity contribution in [2.75, 3.05) is 11.9 Å². The van der Waals surface area contributed by atoms with E-state index in [2.05, 4.69) is 26.2 Å². The number of amides is 1. The Hall–Kier alpha value is -1.37. The molecule has 1 aromatic rings. The van der Waals surface area contributed by atoms with Crippen molar-refractivity contribution in [1.29, 1.82) is 0 Å². The minimum absolute atomic E-state index is 0.0613. The van der Waals surface area contributed by atoms with E-state index in [0.717, 1.165) is 5.33 Å². The lowest BCUT2D eigenvalue weighted by molar-refractivity contribution is -0.389. The number of aromatic amines is 1. The average Bonchev–Trinajstić information content (AvgIpc) is 2.75. The predicted molar refractivity (Wildman–Crippen MR) is 67.4 cm³/mol. The van der Waals surface area contributed by atoms with Crippen molar-refractivity contribution in [3.63, 3.8) is 0 Å². The van der Waals surface area contributed by atoms with Gasteiger partial charge >= 0.3 is 5.82 Å². The molecule has 0 aliphatic rings. The molecule has 0 spiro atoms. The number of hydrogen-bond donors (Lipinski definition) is 2. The van der Waals surface area contributed by atoms with Crippen LogP contribution in [0.4, 0.5) is 5.82 Å². The highest BCUT2D eigenvalue weighted by Crippen LogP contribution is 2.17. The number of nitrogens with zero attached hydrogens (tertiary/aromatic N) is 1. The number of aromatic nitrogens is 1. The summed E-state index contributed by atoms with van der Waals surface area (Å²) in [6, 6.07) is 2.67. The second-order valence-corrected chi connectivity index (χ2v) is 5.06. The minimum Gasteiger partial charge on any atom is -0.358 e. The van der Waals surface area contributed by atoms with Crippen molar-refractivity contribution in [3.05, 3.63) is 27.9 Å². The number of nitro groups is 1. The van der Waals surface area contributed by atoms with Crippen LogP contribution in [0.1, 0.15) is 24.3 Å². The van der Waals surface area contributed by atoms with E-state index in [1.165, 1.54) is 12.1 Å². The van der Waals surface area contributed by atoms with E-state index in [1.54, 1.807) is 0 Å². The van der Waals surface area contributed by atoms with Crippen LogP contribution in [0.2, 0.25) is 0 Å². The normalized spacial score (nSPS) is 11.2. The van der Waals surface area contributed by atoms with E-state index in [9.17, 15) is 14.9 Å². The van der Waals surface area contributed by atoms with Crippen LogP contribution in [0.15, 0.2) is 12.1 Å². The first-order chi connectivity index (χ1) is 7.85. The zero-order chi connectivity index (χ0) is 13.1. The molecule has 0 fully saturated rings. The van der Waals surface area contributed by atoms with Gasteiger partial charge in [-0.15, -0.1) is 0 Å². The molecule has 0 aliphatic carbocycles. The second-order valence-electron chi connectivity index (χ2n) is 4.49.